The second-order valence-electron chi connectivity index (χ2n) is 6.77. The van der Waals surface area contributed by atoms with Gasteiger partial charge in [-0.15, -0.1) is 0 Å². The molecule has 0 spiro atoms. The molecule has 1 amide bonds. The van der Waals surface area contributed by atoms with Gasteiger partial charge in [0.05, 0.1) is 24.2 Å². The smallest absolute Gasteiger partial charge is 0.257 e. The standard InChI is InChI=1S/C17H21N3O4/c1-9-4-14(10(2)22-9)17(21)20-7-12-5-13(23-15(12)8-20)6-16-18-11(3)19-24-16/h4,12-13,15H,5-8H2,1-3H3/t12-,13-,15+/m0/s1. The van der Waals surface area contributed by atoms with Crippen LogP contribution in [0.1, 0.15) is 40.0 Å². The van der Waals surface area contributed by atoms with Crippen molar-refractivity contribution in [1.29, 1.82) is 0 Å². The SMILES string of the molecule is Cc1noc(C[C@@H]2C[C@H]3CN(C(=O)c4cc(C)oc4C)C[C@H]3O2)n1. The van der Waals surface area contributed by atoms with Crippen LogP contribution >= 0.6 is 0 Å². The summed E-state index contributed by atoms with van der Waals surface area (Å²) >= 11 is 0. The molecule has 2 aromatic heterocycles. The van der Waals surface area contributed by atoms with E-state index in [1.807, 2.05) is 24.8 Å². The Morgan fingerprint density at radius 1 is 1.33 bits per heavy atom. The van der Waals surface area contributed by atoms with Crippen molar-refractivity contribution in [1.82, 2.24) is 15.0 Å². The van der Waals surface area contributed by atoms with E-state index in [0.29, 0.717) is 41.9 Å². The van der Waals surface area contributed by atoms with Crippen molar-refractivity contribution in [2.45, 2.75) is 45.8 Å². The summed E-state index contributed by atoms with van der Waals surface area (Å²) in [5, 5.41) is 3.81. The van der Waals surface area contributed by atoms with Gasteiger partial charge in [0.25, 0.3) is 5.91 Å². The number of aromatic nitrogens is 2. The van der Waals surface area contributed by atoms with Gasteiger partial charge in [0.1, 0.15) is 11.5 Å². The summed E-state index contributed by atoms with van der Waals surface area (Å²) < 4.78 is 16.7. The Hall–Kier alpha value is -2.15. The minimum absolute atomic E-state index is 0.0337. The van der Waals surface area contributed by atoms with E-state index >= 15 is 0 Å². The van der Waals surface area contributed by atoms with Crippen molar-refractivity contribution in [2.75, 3.05) is 13.1 Å². The Balaban J connectivity index is 1.37. The molecule has 2 aliphatic rings. The third-order valence-electron chi connectivity index (χ3n) is 4.84. The molecule has 7 nitrogen and oxygen atoms in total. The summed E-state index contributed by atoms with van der Waals surface area (Å²) in [5.74, 6) is 3.12. The molecule has 3 atom stereocenters. The van der Waals surface area contributed by atoms with Crippen LogP contribution in [0.25, 0.3) is 0 Å². The van der Waals surface area contributed by atoms with Gasteiger partial charge in [0.15, 0.2) is 5.82 Å². The number of carbonyl (C=O) groups excluding carboxylic acids is 1. The minimum atomic E-state index is 0.0337. The van der Waals surface area contributed by atoms with Gasteiger partial charge in [-0.05, 0) is 33.3 Å². The first-order valence-electron chi connectivity index (χ1n) is 8.30. The number of ether oxygens (including phenoxy) is 1. The number of hydrogen-bond acceptors (Lipinski definition) is 6. The molecular formula is C17H21N3O4. The zero-order chi connectivity index (χ0) is 16.8. The number of aryl methyl sites for hydroxylation is 3. The van der Waals surface area contributed by atoms with Crippen LogP contribution in [0.5, 0.6) is 0 Å². The first-order valence-corrected chi connectivity index (χ1v) is 8.30. The number of fused-ring (bicyclic) bond motifs is 1. The molecule has 0 aliphatic carbocycles. The van der Waals surface area contributed by atoms with Crippen molar-refractivity contribution in [2.24, 2.45) is 5.92 Å². The molecule has 2 saturated heterocycles. The molecule has 2 aliphatic heterocycles. The van der Waals surface area contributed by atoms with Gasteiger partial charge in [0, 0.05) is 19.0 Å². The maximum absolute atomic E-state index is 12.7. The topological polar surface area (TPSA) is 81.6 Å². The fourth-order valence-corrected chi connectivity index (χ4v) is 3.79. The normalized spacial score (nSPS) is 26.1. The van der Waals surface area contributed by atoms with E-state index in [4.69, 9.17) is 13.7 Å². The van der Waals surface area contributed by atoms with Crippen LogP contribution in [0.4, 0.5) is 0 Å². The Bertz CT molecular complexity index is 752. The highest BCUT2D eigenvalue weighted by molar-refractivity contribution is 5.95. The lowest BCUT2D eigenvalue weighted by Gasteiger charge is -2.18. The molecule has 0 aromatic carbocycles. The average molecular weight is 331 g/mol. The number of rotatable bonds is 3. The highest BCUT2D eigenvalue weighted by atomic mass is 16.5. The van der Waals surface area contributed by atoms with E-state index in [2.05, 4.69) is 10.1 Å². The van der Waals surface area contributed by atoms with Gasteiger partial charge in [0.2, 0.25) is 5.89 Å². The molecular weight excluding hydrogens is 310 g/mol. The van der Waals surface area contributed by atoms with Gasteiger partial charge in [-0.25, -0.2) is 0 Å². The molecule has 4 heterocycles. The molecule has 2 fully saturated rings. The fourth-order valence-electron chi connectivity index (χ4n) is 3.79. The van der Waals surface area contributed by atoms with Crippen molar-refractivity contribution in [3.63, 3.8) is 0 Å². The molecule has 128 valence electrons. The lowest BCUT2D eigenvalue weighted by Crippen LogP contribution is -2.31. The van der Waals surface area contributed by atoms with E-state index in [9.17, 15) is 4.79 Å². The molecule has 0 saturated carbocycles. The number of likely N-dealkylation sites (tertiary alicyclic amines) is 1. The van der Waals surface area contributed by atoms with Gasteiger partial charge >= 0.3 is 0 Å². The van der Waals surface area contributed by atoms with E-state index in [0.717, 1.165) is 18.7 Å². The molecule has 2 aromatic rings. The van der Waals surface area contributed by atoms with Gasteiger partial charge in [-0.2, -0.15) is 4.98 Å². The number of carbonyl (C=O) groups is 1. The predicted octanol–water partition coefficient (Wildman–Crippen LogP) is 2.06. The number of hydrogen-bond donors (Lipinski definition) is 0. The highest BCUT2D eigenvalue weighted by Gasteiger charge is 2.44. The third-order valence-corrected chi connectivity index (χ3v) is 4.84. The first-order chi connectivity index (χ1) is 11.5. The van der Waals surface area contributed by atoms with Crippen LogP contribution in [-0.2, 0) is 11.2 Å². The number of amides is 1. The summed E-state index contributed by atoms with van der Waals surface area (Å²) in [5.41, 5.74) is 0.658. The second-order valence-corrected chi connectivity index (χ2v) is 6.77. The van der Waals surface area contributed by atoms with Gasteiger partial charge in [-0.1, -0.05) is 5.16 Å². The third kappa shape index (κ3) is 2.73. The van der Waals surface area contributed by atoms with Crippen molar-refractivity contribution >= 4 is 5.91 Å². The lowest BCUT2D eigenvalue weighted by molar-refractivity contribution is 0.0330. The number of furan rings is 1. The Morgan fingerprint density at radius 3 is 2.79 bits per heavy atom. The van der Waals surface area contributed by atoms with E-state index in [-0.39, 0.29) is 18.1 Å². The zero-order valence-electron chi connectivity index (χ0n) is 14.1. The monoisotopic (exact) mass is 331 g/mol. The molecule has 0 N–H and O–H groups in total. The maximum Gasteiger partial charge on any atom is 0.257 e. The Labute approximate surface area is 140 Å². The van der Waals surface area contributed by atoms with Gasteiger partial charge in [-0.3, -0.25) is 4.79 Å². The predicted molar refractivity (Wildman–Crippen MR) is 83.6 cm³/mol. The van der Waals surface area contributed by atoms with Crippen LogP contribution in [-0.4, -0.2) is 46.2 Å². The summed E-state index contributed by atoms with van der Waals surface area (Å²) in [7, 11) is 0. The van der Waals surface area contributed by atoms with Crippen LogP contribution in [0, 0.1) is 26.7 Å². The quantitative estimate of drug-likeness (QED) is 0.856. The van der Waals surface area contributed by atoms with Crippen molar-refractivity contribution in [3.8, 4) is 0 Å². The largest absolute Gasteiger partial charge is 0.466 e. The average Bonchev–Trinajstić information content (AvgIpc) is 3.24. The second kappa shape index (κ2) is 5.73. The fraction of sp³-hybridized carbons (Fsp3) is 0.588. The summed E-state index contributed by atoms with van der Waals surface area (Å²) in [6.45, 7) is 6.85. The molecule has 0 radical (unpaired) electrons. The Kier molecular flexibility index (Phi) is 3.68. The molecule has 0 unspecified atom stereocenters. The zero-order valence-corrected chi connectivity index (χ0v) is 14.1. The number of nitrogens with zero attached hydrogens (tertiary/aromatic N) is 3. The highest BCUT2D eigenvalue weighted by Crippen LogP contribution is 2.35. The van der Waals surface area contributed by atoms with Crippen LogP contribution < -0.4 is 0 Å². The van der Waals surface area contributed by atoms with Crippen molar-refractivity contribution < 1.29 is 18.5 Å². The van der Waals surface area contributed by atoms with E-state index < -0.39 is 0 Å². The van der Waals surface area contributed by atoms with Crippen LogP contribution in [0.3, 0.4) is 0 Å². The minimum Gasteiger partial charge on any atom is -0.466 e. The summed E-state index contributed by atoms with van der Waals surface area (Å²) in [6.07, 6.45) is 1.74. The van der Waals surface area contributed by atoms with E-state index in [1.165, 1.54) is 0 Å². The maximum atomic E-state index is 12.7. The van der Waals surface area contributed by atoms with Crippen molar-refractivity contribution in [3.05, 3.63) is 34.9 Å². The lowest BCUT2D eigenvalue weighted by atomic mass is 10.0. The molecule has 0 bridgehead atoms. The molecule has 24 heavy (non-hydrogen) atoms. The van der Waals surface area contributed by atoms with E-state index in [1.54, 1.807) is 6.92 Å². The van der Waals surface area contributed by atoms with Crippen LogP contribution in [0.2, 0.25) is 0 Å². The summed E-state index contributed by atoms with van der Waals surface area (Å²) in [4.78, 5) is 18.8. The first kappa shape index (κ1) is 15.4. The molecule has 4 rings (SSSR count). The van der Waals surface area contributed by atoms with Gasteiger partial charge < -0.3 is 18.6 Å². The Morgan fingerprint density at radius 2 is 2.17 bits per heavy atom. The van der Waals surface area contributed by atoms with Crippen LogP contribution in [0.15, 0.2) is 15.0 Å². The molecule has 7 heteroatoms. The summed E-state index contributed by atoms with van der Waals surface area (Å²) in [6, 6.07) is 1.81.